The number of aromatic nitrogens is 5. The highest BCUT2D eigenvalue weighted by Crippen LogP contribution is 2.23. The maximum atomic E-state index is 4.37. The second kappa shape index (κ2) is 6.19. The van der Waals surface area contributed by atoms with Crippen LogP contribution in [0, 0.1) is 6.92 Å². The van der Waals surface area contributed by atoms with E-state index in [2.05, 4.69) is 54.4 Å². The molecule has 3 rings (SSSR count). The summed E-state index contributed by atoms with van der Waals surface area (Å²) >= 11 is 1.71. The van der Waals surface area contributed by atoms with E-state index in [1.807, 2.05) is 13.0 Å². The summed E-state index contributed by atoms with van der Waals surface area (Å²) in [6, 6.07) is 6.25. The number of aromatic amines is 1. The number of nitrogens with one attached hydrogen (secondary N) is 1. The van der Waals surface area contributed by atoms with Gasteiger partial charge in [-0.2, -0.15) is 5.10 Å². The van der Waals surface area contributed by atoms with Crippen molar-refractivity contribution in [3.8, 4) is 10.6 Å². The highest BCUT2D eigenvalue weighted by Gasteiger charge is 2.07. The summed E-state index contributed by atoms with van der Waals surface area (Å²) in [6.45, 7) is 4.64. The number of nitrogens with zero attached hydrogens (tertiary/aromatic N) is 5. The maximum absolute atomic E-state index is 4.37. The summed E-state index contributed by atoms with van der Waals surface area (Å²) in [4.78, 5) is 3.45. The van der Waals surface area contributed by atoms with Crippen molar-refractivity contribution in [2.45, 2.75) is 20.0 Å². The Hall–Kier alpha value is -1.99. The minimum absolute atomic E-state index is 0.847. The van der Waals surface area contributed by atoms with Crippen molar-refractivity contribution in [3.63, 3.8) is 0 Å². The van der Waals surface area contributed by atoms with Gasteiger partial charge >= 0.3 is 0 Å². The zero-order chi connectivity index (χ0) is 14.7. The van der Waals surface area contributed by atoms with E-state index < -0.39 is 0 Å². The van der Waals surface area contributed by atoms with Crippen molar-refractivity contribution < 1.29 is 0 Å². The molecular weight excluding hydrogens is 284 g/mol. The van der Waals surface area contributed by atoms with Crippen LogP contribution in [-0.2, 0) is 13.1 Å². The van der Waals surface area contributed by atoms with Gasteiger partial charge in [-0.05, 0) is 31.5 Å². The summed E-state index contributed by atoms with van der Waals surface area (Å²) in [7, 11) is 2.10. The van der Waals surface area contributed by atoms with E-state index in [4.69, 9.17) is 0 Å². The van der Waals surface area contributed by atoms with E-state index in [0.29, 0.717) is 0 Å². The van der Waals surface area contributed by atoms with Gasteiger partial charge in [0.1, 0.15) is 17.8 Å². The van der Waals surface area contributed by atoms with Gasteiger partial charge in [0.05, 0.1) is 4.88 Å². The van der Waals surface area contributed by atoms with E-state index >= 15 is 0 Å². The van der Waals surface area contributed by atoms with Crippen LogP contribution < -0.4 is 0 Å². The third kappa shape index (κ3) is 3.37. The van der Waals surface area contributed by atoms with Gasteiger partial charge in [-0.3, -0.25) is 10.00 Å². The molecule has 0 aliphatic heterocycles. The molecule has 3 aromatic heterocycles. The molecule has 3 heterocycles. The van der Waals surface area contributed by atoms with E-state index in [9.17, 15) is 0 Å². The second-order valence-electron chi connectivity index (χ2n) is 5.07. The SMILES string of the molecule is Cc1nncn1CCN(C)Cc1cc(-c2cccs2)n[nH]1. The van der Waals surface area contributed by atoms with Crippen molar-refractivity contribution in [1.29, 1.82) is 0 Å². The zero-order valence-corrected chi connectivity index (χ0v) is 13.0. The molecule has 7 heteroatoms. The molecule has 0 atom stereocenters. The van der Waals surface area contributed by atoms with Gasteiger partial charge in [-0.15, -0.1) is 21.5 Å². The molecule has 21 heavy (non-hydrogen) atoms. The van der Waals surface area contributed by atoms with Crippen LogP contribution in [0.2, 0.25) is 0 Å². The minimum atomic E-state index is 0.847. The topological polar surface area (TPSA) is 62.6 Å². The largest absolute Gasteiger partial charge is 0.317 e. The molecule has 0 unspecified atom stereocenters. The minimum Gasteiger partial charge on any atom is -0.317 e. The molecule has 0 amide bonds. The Morgan fingerprint density at radius 1 is 1.43 bits per heavy atom. The zero-order valence-electron chi connectivity index (χ0n) is 12.2. The molecule has 3 aromatic rings. The van der Waals surface area contributed by atoms with Gasteiger partial charge < -0.3 is 4.57 Å². The number of hydrogen-bond donors (Lipinski definition) is 1. The van der Waals surface area contributed by atoms with Crippen molar-refractivity contribution in [2.24, 2.45) is 0 Å². The standard InChI is InChI=1S/C14H18N6S/c1-11-16-15-10-20(11)6-5-19(2)9-12-8-13(18-17-12)14-4-3-7-21-14/h3-4,7-8,10H,5-6,9H2,1-2H3,(H,17,18). The lowest BCUT2D eigenvalue weighted by atomic mass is 10.3. The molecule has 0 saturated carbocycles. The molecule has 0 aromatic carbocycles. The molecule has 0 aliphatic rings. The fourth-order valence-corrected chi connectivity index (χ4v) is 2.86. The van der Waals surface area contributed by atoms with Gasteiger partial charge in [-0.25, -0.2) is 0 Å². The number of hydrogen-bond acceptors (Lipinski definition) is 5. The van der Waals surface area contributed by atoms with Crippen molar-refractivity contribution in [2.75, 3.05) is 13.6 Å². The van der Waals surface area contributed by atoms with Gasteiger partial charge in [0.15, 0.2) is 0 Å². The summed E-state index contributed by atoms with van der Waals surface area (Å²) in [5.74, 6) is 0.949. The van der Waals surface area contributed by atoms with E-state index in [0.717, 1.165) is 36.8 Å². The number of likely N-dealkylation sites (N-methyl/N-ethyl adjacent to an activating group) is 1. The van der Waals surface area contributed by atoms with Crippen molar-refractivity contribution >= 4 is 11.3 Å². The van der Waals surface area contributed by atoms with Gasteiger partial charge in [0.2, 0.25) is 0 Å². The molecular formula is C14H18N6S. The van der Waals surface area contributed by atoms with E-state index in [1.54, 1.807) is 17.7 Å². The first-order valence-corrected chi connectivity index (χ1v) is 7.71. The Labute approximate surface area is 127 Å². The molecule has 1 N–H and O–H groups in total. The normalized spacial score (nSPS) is 11.4. The Morgan fingerprint density at radius 3 is 3.05 bits per heavy atom. The first-order valence-electron chi connectivity index (χ1n) is 6.83. The predicted molar refractivity (Wildman–Crippen MR) is 83.0 cm³/mol. The Morgan fingerprint density at radius 2 is 2.33 bits per heavy atom. The fourth-order valence-electron chi connectivity index (χ4n) is 2.17. The summed E-state index contributed by atoms with van der Waals surface area (Å²) < 4.78 is 2.06. The van der Waals surface area contributed by atoms with Gasteiger partial charge in [0, 0.05) is 25.3 Å². The average molecular weight is 302 g/mol. The highest BCUT2D eigenvalue weighted by atomic mass is 32.1. The summed E-state index contributed by atoms with van der Waals surface area (Å²) in [6.07, 6.45) is 1.77. The van der Waals surface area contributed by atoms with Crippen LogP contribution >= 0.6 is 11.3 Å². The second-order valence-corrected chi connectivity index (χ2v) is 6.01. The fraction of sp³-hybridized carbons (Fsp3) is 0.357. The molecule has 0 saturated heterocycles. The third-order valence-corrected chi connectivity index (χ3v) is 4.27. The number of aryl methyl sites for hydroxylation is 1. The smallest absolute Gasteiger partial charge is 0.129 e. The number of thiophene rings is 1. The molecule has 6 nitrogen and oxygen atoms in total. The number of rotatable bonds is 6. The Kier molecular flexibility index (Phi) is 4.12. The molecule has 110 valence electrons. The van der Waals surface area contributed by atoms with Crippen LogP contribution in [0.5, 0.6) is 0 Å². The molecule has 0 spiro atoms. The van der Waals surface area contributed by atoms with Crippen LogP contribution in [0.1, 0.15) is 11.5 Å². The monoisotopic (exact) mass is 302 g/mol. The lowest BCUT2D eigenvalue weighted by Gasteiger charge is -2.15. The first-order chi connectivity index (χ1) is 10.2. The molecule has 0 bridgehead atoms. The first kappa shape index (κ1) is 14.0. The predicted octanol–water partition coefficient (Wildman–Crippen LogP) is 2.17. The summed E-state index contributed by atoms with van der Waals surface area (Å²) in [5, 5.41) is 17.4. The maximum Gasteiger partial charge on any atom is 0.129 e. The van der Waals surface area contributed by atoms with Crippen LogP contribution in [-0.4, -0.2) is 43.5 Å². The van der Waals surface area contributed by atoms with Gasteiger partial charge in [-0.1, -0.05) is 6.07 Å². The number of H-pyrrole nitrogens is 1. The lowest BCUT2D eigenvalue weighted by Crippen LogP contribution is -2.23. The van der Waals surface area contributed by atoms with Crippen LogP contribution in [0.4, 0.5) is 0 Å². The molecule has 0 aliphatic carbocycles. The molecule has 0 radical (unpaired) electrons. The van der Waals surface area contributed by atoms with Crippen LogP contribution in [0.25, 0.3) is 10.6 Å². The molecule has 0 fully saturated rings. The van der Waals surface area contributed by atoms with E-state index in [-0.39, 0.29) is 0 Å². The van der Waals surface area contributed by atoms with Crippen LogP contribution in [0.15, 0.2) is 29.9 Å². The Balaban J connectivity index is 1.55. The Bertz CT molecular complexity index is 684. The average Bonchev–Trinajstić information content (AvgIpc) is 3.17. The highest BCUT2D eigenvalue weighted by molar-refractivity contribution is 7.13. The summed E-state index contributed by atoms with van der Waals surface area (Å²) in [5.41, 5.74) is 2.14. The van der Waals surface area contributed by atoms with Crippen molar-refractivity contribution in [1.82, 2.24) is 29.9 Å². The van der Waals surface area contributed by atoms with Crippen molar-refractivity contribution in [3.05, 3.63) is 41.4 Å². The van der Waals surface area contributed by atoms with Crippen LogP contribution in [0.3, 0.4) is 0 Å². The lowest BCUT2D eigenvalue weighted by molar-refractivity contribution is 0.306. The van der Waals surface area contributed by atoms with Gasteiger partial charge in [0.25, 0.3) is 0 Å². The third-order valence-electron chi connectivity index (χ3n) is 3.38. The van der Waals surface area contributed by atoms with E-state index in [1.165, 1.54) is 4.88 Å². The quantitative estimate of drug-likeness (QED) is 0.758.